The lowest BCUT2D eigenvalue weighted by atomic mass is 10.0. The zero-order valence-corrected chi connectivity index (χ0v) is 17.7. The molecule has 0 spiro atoms. The number of hydrogen-bond acceptors (Lipinski definition) is 3. The molecule has 5 heteroatoms. The summed E-state index contributed by atoms with van der Waals surface area (Å²) in [6.45, 7) is 7.23. The van der Waals surface area contributed by atoms with Crippen molar-refractivity contribution < 1.29 is 9.59 Å². The van der Waals surface area contributed by atoms with Gasteiger partial charge >= 0.3 is 0 Å². The number of amides is 1. The van der Waals surface area contributed by atoms with Crippen molar-refractivity contribution in [3.05, 3.63) is 35.0 Å². The maximum absolute atomic E-state index is 12.8. The minimum atomic E-state index is 0.0254. The summed E-state index contributed by atoms with van der Waals surface area (Å²) in [5.74, 6) is 0.0254. The lowest BCUT2D eigenvalue weighted by molar-refractivity contribution is -0.108. The first-order chi connectivity index (χ1) is 13.5. The molecule has 0 saturated carbocycles. The van der Waals surface area contributed by atoms with Gasteiger partial charge in [-0.3, -0.25) is 9.69 Å². The molecule has 1 aliphatic heterocycles. The van der Waals surface area contributed by atoms with Gasteiger partial charge in [-0.15, -0.1) is 0 Å². The van der Waals surface area contributed by atoms with E-state index in [1.807, 2.05) is 13.1 Å². The van der Waals surface area contributed by atoms with Crippen LogP contribution in [-0.2, 0) is 24.8 Å². The summed E-state index contributed by atoms with van der Waals surface area (Å²) in [5.41, 5.74) is 4.72. The number of benzene rings is 1. The van der Waals surface area contributed by atoms with Crippen LogP contribution in [-0.4, -0.2) is 52.7 Å². The van der Waals surface area contributed by atoms with E-state index in [-0.39, 0.29) is 5.91 Å². The lowest BCUT2D eigenvalue weighted by Gasteiger charge is -2.33. The zero-order valence-electron chi connectivity index (χ0n) is 17.7. The van der Waals surface area contributed by atoms with Crippen LogP contribution >= 0.6 is 0 Å². The smallest absolute Gasteiger partial charge is 0.253 e. The van der Waals surface area contributed by atoms with Gasteiger partial charge in [0, 0.05) is 74.8 Å². The molecule has 1 aromatic heterocycles. The van der Waals surface area contributed by atoms with E-state index < -0.39 is 0 Å². The molecule has 0 bridgehead atoms. The minimum Gasteiger partial charge on any atom is -0.347 e. The van der Waals surface area contributed by atoms with Gasteiger partial charge in [-0.2, -0.15) is 0 Å². The summed E-state index contributed by atoms with van der Waals surface area (Å²) < 4.78 is 2.30. The molecule has 0 aliphatic carbocycles. The van der Waals surface area contributed by atoms with Gasteiger partial charge in [0.05, 0.1) is 0 Å². The van der Waals surface area contributed by atoms with E-state index in [9.17, 15) is 9.59 Å². The Labute approximate surface area is 168 Å². The van der Waals surface area contributed by atoms with Crippen molar-refractivity contribution in [2.45, 2.75) is 58.5 Å². The second-order valence-electron chi connectivity index (χ2n) is 8.11. The Hall–Kier alpha value is -2.14. The van der Waals surface area contributed by atoms with Gasteiger partial charge in [0.1, 0.15) is 6.29 Å². The zero-order chi connectivity index (χ0) is 20.3. The van der Waals surface area contributed by atoms with E-state index in [0.717, 1.165) is 31.4 Å². The summed E-state index contributed by atoms with van der Waals surface area (Å²) in [6, 6.07) is 6.67. The van der Waals surface area contributed by atoms with Crippen molar-refractivity contribution in [1.82, 2.24) is 14.4 Å². The number of hydrogen-bond donors (Lipinski definition) is 0. The van der Waals surface area contributed by atoms with Gasteiger partial charge in [0.2, 0.25) is 0 Å². The van der Waals surface area contributed by atoms with Crippen molar-refractivity contribution >= 4 is 23.1 Å². The van der Waals surface area contributed by atoms with Crippen molar-refractivity contribution in [3.63, 3.8) is 0 Å². The molecule has 28 heavy (non-hydrogen) atoms. The van der Waals surface area contributed by atoms with Crippen LogP contribution in [0, 0.1) is 0 Å². The van der Waals surface area contributed by atoms with Crippen molar-refractivity contribution in [2.24, 2.45) is 7.05 Å². The molecule has 0 saturated heterocycles. The quantitative estimate of drug-likeness (QED) is 0.515. The minimum absolute atomic E-state index is 0.0254. The highest BCUT2D eigenvalue weighted by atomic mass is 16.2. The topological polar surface area (TPSA) is 45.6 Å². The highest BCUT2D eigenvalue weighted by Gasteiger charge is 2.26. The molecule has 152 valence electrons. The van der Waals surface area contributed by atoms with Gasteiger partial charge < -0.3 is 14.3 Å². The highest BCUT2D eigenvalue weighted by molar-refractivity contribution is 5.99. The molecule has 2 aromatic rings. The maximum atomic E-state index is 12.8. The molecule has 1 amide bonds. The monoisotopic (exact) mass is 383 g/mol. The van der Waals surface area contributed by atoms with E-state index in [1.54, 1.807) is 4.90 Å². The molecule has 1 atom stereocenters. The average Bonchev–Trinajstić information content (AvgIpc) is 2.99. The summed E-state index contributed by atoms with van der Waals surface area (Å²) >= 11 is 0. The van der Waals surface area contributed by atoms with Crippen molar-refractivity contribution in [3.8, 4) is 0 Å². The molecule has 3 rings (SSSR count). The number of rotatable bonds is 8. The second kappa shape index (κ2) is 8.91. The third kappa shape index (κ3) is 4.00. The Bertz CT molecular complexity index is 855. The molecule has 1 aromatic carbocycles. The summed E-state index contributed by atoms with van der Waals surface area (Å²) in [7, 11) is 3.95. The number of aryl methyl sites for hydroxylation is 1. The first kappa shape index (κ1) is 20.6. The number of fused-ring (bicyclic) bond motifs is 3. The molecule has 1 unspecified atom stereocenters. The number of nitrogens with zero attached hydrogens (tertiary/aromatic N) is 3. The molecule has 1 aliphatic rings. The average molecular weight is 384 g/mol. The molecule has 5 nitrogen and oxygen atoms in total. The highest BCUT2D eigenvalue weighted by Crippen LogP contribution is 2.32. The normalized spacial score (nSPS) is 15.4. The van der Waals surface area contributed by atoms with Crippen LogP contribution in [0.3, 0.4) is 0 Å². The Balaban J connectivity index is 1.89. The largest absolute Gasteiger partial charge is 0.347 e. The predicted molar refractivity (Wildman–Crippen MR) is 114 cm³/mol. The SMILES string of the molecule is CCCC(C)N1CCc2c(c3cc(C(=O)N(C)CCCC=O)ccc3n2C)C1. The fourth-order valence-corrected chi connectivity index (χ4v) is 4.44. The molecule has 0 radical (unpaired) electrons. The van der Waals surface area contributed by atoms with Gasteiger partial charge in [-0.1, -0.05) is 13.3 Å². The van der Waals surface area contributed by atoms with E-state index in [1.165, 1.54) is 35.0 Å². The first-order valence-corrected chi connectivity index (χ1v) is 10.5. The van der Waals surface area contributed by atoms with Gasteiger partial charge in [-0.25, -0.2) is 0 Å². The van der Waals surface area contributed by atoms with Gasteiger partial charge in [0.15, 0.2) is 0 Å². The van der Waals surface area contributed by atoms with Crippen LogP contribution in [0.25, 0.3) is 10.9 Å². The number of carbonyl (C=O) groups is 2. The standard InChI is InChI=1S/C23H33N3O2/c1-5-8-17(2)26-13-11-22-20(16-26)19-15-18(9-10-21(19)25(22)4)23(28)24(3)12-6-7-14-27/h9-10,14-15,17H,5-8,11-13,16H2,1-4H3. The Morgan fingerprint density at radius 3 is 2.86 bits per heavy atom. The molecule has 0 N–H and O–H groups in total. The second-order valence-corrected chi connectivity index (χ2v) is 8.11. The third-order valence-electron chi connectivity index (χ3n) is 6.17. The Kier molecular flexibility index (Phi) is 6.55. The summed E-state index contributed by atoms with van der Waals surface area (Å²) in [6.07, 6.45) is 5.59. The van der Waals surface area contributed by atoms with Crippen LogP contribution < -0.4 is 0 Å². The molecule has 0 fully saturated rings. The van der Waals surface area contributed by atoms with Crippen LogP contribution in [0.15, 0.2) is 18.2 Å². The fourth-order valence-electron chi connectivity index (χ4n) is 4.44. The van der Waals surface area contributed by atoms with Crippen molar-refractivity contribution in [2.75, 3.05) is 20.1 Å². The fraction of sp³-hybridized carbons (Fsp3) is 0.565. The Morgan fingerprint density at radius 2 is 2.14 bits per heavy atom. The molecular weight excluding hydrogens is 350 g/mol. The van der Waals surface area contributed by atoms with E-state index in [0.29, 0.717) is 25.4 Å². The molecule has 2 heterocycles. The van der Waals surface area contributed by atoms with Crippen LogP contribution in [0.4, 0.5) is 0 Å². The van der Waals surface area contributed by atoms with Gasteiger partial charge in [-0.05, 0) is 43.5 Å². The number of aromatic nitrogens is 1. The number of carbonyl (C=O) groups excluding carboxylic acids is 2. The van der Waals surface area contributed by atoms with Crippen molar-refractivity contribution in [1.29, 1.82) is 0 Å². The lowest BCUT2D eigenvalue weighted by Crippen LogP contribution is -2.37. The summed E-state index contributed by atoms with van der Waals surface area (Å²) in [4.78, 5) is 27.6. The summed E-state index contributed by atoms with van der Waals surface area (Å²) in [5, 5.41) is 1.21. The Morgan fingerprint density at radius 1 is 1.36 bits per heavy atom. The predicted octanol–water partition coefficient (Wildman–Crippen LogP) is 3.78. The number of unbranched alkanes of at least 4 members (excludes halogenated alkanes) is 1. The van der Waals surface area contributed by atoms with E-state index >= 15 is 0 Å². The molecular formula is C23H33N3O2. The first-order valence-electron chi connectivity index (χ1n) is 10.5. The third-order valence-corrected chi connectivity index (χ3v) is 6.17. The number of aldehydes is 1. The van der Waals surface area contributed by atoms with Gasteiger partial charge in [0.25, 0.3) is 5.91 Å². The van der Waals surface area contributed by atoms with E-state index in [4.69, 9.17) is 0 Å². The maximum Gasteiger partial charge on any atom is 0.253 e. The van der Waals surface area contributed by atoms with E-state index in [2.05, 4.69) is 42.5 Å². The van der Waals surface area contributed by atoms with Crippen LogP contribution in [0.5, 0.6) is 0 Å². The van der Waals surface area contributed by atoms with Crippen LogP contribution in [0.2, 0.25) is 0 Å². The van der Waals surface area contributed by atoms with Crippen LogP contribution in [0.1, 0.15) is 61.1 Å².